The van der Waals surface area contributed by atoms with Gasteiger partial charge in [0.2, 0.25) is 0 Å². The Labute approximate surface area is 125 Å². The molecular weight excluding hydrogens is 268 g/mol. The molecule has 1 aromatic rings. The van der Waals surface area contributed by atoms with Crippen LogP contribution in [0.1, 0.15) is 35.7 Å². The number of rotatable bonds is 3. The lowest BCUT2D eigenvalue weighted by atomic mass is 9.95. The van der Waals surface area contributed by atoms with Crippen molar-refractivity contribution in [3.63, 3.8) is 0 Å². The summed E-state index contributed by atoms with van der Waals surface area (Å²) in [6.45, 7) is 3.19. The molecule has 1 aliphatic heterocycles. The van der Waals surface area contributed by atoms with E-state index in [4.69, 9.17) is 10.5 Å². The molecule has 5 nitrogen and oxygen atoms in total. The van der Waals surface area contributed by atoms with Crippen LogP contribution in [0, 0.1) is 5.92 Å². The topological polar surface area (TPSA) is 72.6 Å². The van der Waals surface area contributed by atoms with Crippen LogP contribution in [-0.4, -0.2) is 37.0 Å². The van der Waals surface area contributed by atoms with Crippen LogP contribution in [0.15, 0.2) is 18.2 Å². The monoisotopic (exact) mass is 290 g/mol. The van der Waals surface area contributed by atoms with Gasteiger partial charge in [-0.25, -0.2) is 0 Å². The van der Waals surface area contributed by atoms with E-state index < -0.39 is 0 Å². The Morgan fingerprint density at radius 2 is 2.00 bits per heavy atom. The lowest BCUT2D eigenvalue weighted by molar-refractivity contribution is -0.146. The number of likely N-dealkylation sites (tertiary alicyclic amines) is 1. The molecule has 1 heterocycles. The molecule has 1 fully saturated rings. The van der Waals surface area contributed by atoms with Crippen LogP contribution >= 0.6 is 0 Å². The summed E-state index contributed by atoms with van der Waals surface area (Å²) in [5.41, 5.74) is 8.13. The third-order valence-corrected chi connectivity index (χ3v) is 4.06. The van der Waals surface area contributed by atoms with Crippen LogP contribution in [-0.2, 0) is 16.0 Å². The summed E-state index contributed by atoms with van der Waals surface area (Å²) in [6, 6.07) is 5.41. The smallest absolute Gasteiger partial charge is 0.308 e. The van der Waals surface area contributed by atoms with Crippen LogP contribution in [0.3, 0.4) is 0 Å². The molecule has 2 rings (SSSR count). The maximum Gasteiger partial charge on any atom is 0.308 e. The highest BCUT2D eigenvalue weighted by Gasteiger charge is 2.28. The van der Waals surface area contributed by atoms with Crippen LogP contribution < -0.4 is 5.73 Å². The van der Waals surface area contributed by atoms with E-state index in [0.717, 1.165) is 12.0 Å². The number of nitrogen functional groups attached to an aromatic ring is 1. The van der Waals surface area contributed by atoms with Gasteiger partial charge in [-0.15, -0.1) is 0 Å². The predicted octanol–water partition coefficient (Wildman–Crippen LogP) is 1.86. The van der Waals surface area contributed by atoms with Crippen molar-refractivity contribution in [3.05, 3.63) is 29.3 Å². The fraction of sp³-hybridized carbons (Fsp3) is 0.500. The Bertz CT molecular complexity index is 534. The van der Waals surface area contributed by atoms with Gasteiger partial charge in [-0.1, -0.05) is 6.92 Å². The first-order valence-electron chi connectivity index (χ1n) is 7.32. The van der Waals surface area contributed by atoms with E-state index in [1.807, 2.05) is 17.9 Å². The van der Waals surface area contributed by atoms with Gasteiger partial charge in [-0.3, -0.25) is 9.59 Å². The van der Waals surface area contributed by atoms with Crippen molar-refractivity contribution < 1.29 is 14.3 Å². The zero-order valence-electron chi connectivity index (χ0n) is 12.6. The standard InChI is InChI=1S/C16H22N2O3/c1-3-11-10-13(17)4-5-14(11)15(19)18-8-6-12(7-9-18)16(20)21-2/h4-5,10,12H,3,6-9,17H2,1-2H3. The van der Waals surface area contributed by atoms with Crippen molar-refractivity contribution in [2.24, 2.45) is 5.92 Å². The van der Waals surface area contributed by atoms with Gasteiger partial charge in [-0.05, 0) is 43.0 Å². The van der Waals surface area contributed by atoms with E-state index in [-0.39, 0.29) is 17.8 Å². The van der Waals surface area contributed by atoms with E-state index in [1.54, 1.807) is 12.1 Å². The molecule has 5 heteroatoms. The third-order valence-electron chi connectivity index (χ3n) is 4.06. The van der Waals surface area contributed by atoms with Gasteiger partial charge in [0.15, 0.2) is 0 Å². The highest BCUT2D eigenvalue weighted by molar-refractivity contribution is 5.96. The summed E-state index contributed by atoms with van der Waals surface area (Å²) in [5.74, 6) is -0.241. The molecule has 0 unspecified atom stereocenters. The first-order valence-corrected chi connectivity index (χ1v) is 7.32. The number of hydrogen-bond acceptors (Lipinski definition) is 4. The second-order valence-corrected chi connectivity index (χ2v) is 5.36. The molecule has 114 valence electrons. The van der Waals surface area contributed by atoms with Crippen LogP contribution in [0.5, 0.6) is 0 Å². The predicted molar refractivity (Wildman–Crippen MR) is 80.9 cm³/mol. The molecule has 1 aliphatic rings. The molecular formula is C16H22N2O3. The zero-order valence-corrected chi connectivity index (χ0v) is 12.6. The number of nitrogens with zero attached hydrogens (tertiary/aromatic N) is 1. The summed E-state index contributed by atoms with van der Waals surface area (Å²) in [4.78, 5) is 25.9. The number of aryl methyl sites for hydroxylation is 1. The van der Waals surface area contributed by atoms with Crippen molar-refractivity contribution in [2.75, 3.05) is 25.9 Å². The Kier molecular flexibility index (Phi) is 4.83. The molecule has 0 saturated carbocycles. The average molecular weight is 290 g/mol. The van der Waals surface area contributed by atoms with Crippen molar-refractivity contribution in [3.8, 4) is 0 Å². The normalized spacial score (nSPS) is 15.8. The Morgan fingerprint density at radius 1 is 1.33 bits per heavy atom. The third kappa shape index (κ3) is 3.35. The fourth-order valence-electron chi connectivity index (χ4n) is 2.77. The lowest BCUT2D eigenvalue weighted by Gasteiger charge is -2.31. The molecule has 1 amide bonds. The molecule has 2 N–H and O–H groups in total. The zero-order chi connectivity index (χ0) is 15.4. The number of carbonyl (C=O) groups excluding carboxylic acids is 2. The minimum Gasteiger partial charge on any atom is -0.469 e. The molecule has 1 aromatic carbocycles. The first kappa shape index (κ1) is 15.4. The summed E-state index contributed by atoms with van der Waals surface area (Å²) in [7, 11) is 1.40. The number of nitrogens with two attached hydrogens (primary N) is 1. The van der Waals surface area contributed by atoms with Gasteiger partial charge in [0.1, 0.15) is 0 Å². The Morgan fingerprint density at radius 3 is 2.57 bits per heavy atom. The first-order chi connectivity index (χ1) is 10.1. The number of piperidine rings is 1. The molecule has 0 spiro atoms. The van der Waals surface area contributed by atoms with E-state index in [9.17, 15) is 9.59 Å². The molecule has 0 radical (unpaired) electrons. The number of benzene rings is 1. The van der Waals surface area contributed by atoms with Gasteiger partial charge >= 0.3 is 5.97 Å². The second kappa shape index (κ2) is 6.61. The minimum atomic E-state index is -0.177. The highest BCUT2D eigenvalue weighted by Crippen LogP contribution is 2.22. The number of methoxy groups -OCH3 is 1. The SMILES string of the molecule is CCc1cc(N)ccc1C(=O)N1CCC(C(=O)OC)CC1. The summed E-state index contributed by atoms with van der Waals surface area (Å²) < 4.78 is 4.76. The molecule has 0 aromatic heterocycles. The maximum absolute atomic E-state index is 12.6. The molecule has 0 bridgehead atoms. The maximum atomic E-state index is 12.6. The number of esters is 1. The largest absolute Gasteiger partial charge is 0.469 e. The van der Waals surface area contributed by atoms with Crippen molar-refractivity contribution in [2.45, 2.75) is 26.2 Å². The number of anilines is 1. The van der Waals surface area contributed by atoms with Gasteiger partial charge in [0, 0.05) is 24.3 Å². The van der Waals surface area contributed by atoms with Gasteiger partial charge in [-0.2, -0.15) is 0 Å². The van der Waals surface area contributed by atoms with Crippen LogP contribution in [0.2, 0.25) is 0 Å². The number of amides is 1. The van der Waals surface area contributed by atoms with E-state index >= 15 is 0 Å². The molecule has 1 saturated heterocycles. The molecule has 21 heavy (non-hydrogen) atoms. The van der Waals surface area contributed by atoms with Gasteiger partial charge in [0.25, 0.3) is 5.91 Å². The summed E-state index contributed by atoms with van der Waals surface area (Å²) in [5, 5.41) is 0. The van der Waals surface area contributed by atoms with Crippen molar-refractivity contribution in [1.29, 1.82) is 0 Å². The van der Waals surface area contributed by atoms with Crippen LogP contribution in [0.4, 0.5) is 5.69 Å². The van der Waals surface area contributed by atoms with Gasteiger partial charge < -0.3 is 15.4 Å². The van der Waals surface area contributed by atoms with Gasteiger partial charge in [0.05, 0.1) is 13.0 Å². The van der Waals surface area contributed by atoms with E-state index in [0.29, 0.717) is 37.2 Å². The lowest BCUT2D eigenvalue weighted by Crippen LogP contribution is -2.40. The highest BCUT2D eigenvalue weighted by atomic mass is 16.5. The summed E-state index contributed by atoms with van der Waals surface area (Å²) in [6.07, 6.45) is 2.09. The number of hydrogen-bond donors (Lipinski definition) is 1. The van der Waals surface area contributed by atoms with Crippen molar-refractivity contribution in [1.82, 2.24) is 4.90 Å². The average Bonchev–Trinajstić information content (AvgIpc) is 2.53. The van der Waals surface area contributed by atoms with E-state index in [2.05, 4.69) is 0 Å². The number of carbonyl (C=O) groups is 2. The molecule has 0 aliphatic carbocycles. The summed E-state index contributed by atoms with van der Waals surface area (Å²) >= 11 is 0. The molecule has 0 atom stereocenters. The minimum absolute atomic E-state index is 0.0233. The van der Waals surface area contributed by atoms with Crippen molar-refractivity contribution >= 4 is 17.6 Å². The Hall–Kier alpha value is -2.04. The van der Waals surface area contributed by atoms with E-state index in [1.165, 1.54) is 7.11 Å². The quantitative estimate of drug-likeness (QED) is 0.681. The fourth-order valence-corrected chi connectivity index (χ4v) is 2.77. The number of ether oxygens (including phenoxy) is 1. The van der Waals surface area contributed by atoms with Crippen LogP contribution in [0.25, 0.3) is 0 Å². The second-order valence-electron chi connectivity index (χ2n) is 5.36. The Balaban J connectivity index is 2.07.